The van der Waals surface area contributed by atoms with E-state index in [0.29, 0.717) is 30.2 Å². The second-order valence-electron chi connectivity index (χ2n) is 4.81. The van der Waals surface area contributed by atoms with Crippen molar-refractivity contribution < 1.29 is 4.39 Å². The van der Waals surface area contributed by atoms with Crippen LogP contribution in [0.4, 0.5) is 10.1 Å². The summed E-state index contributed by atoms with van der Waals surface area (Å²) >= 11 is 5.85. The number of hydrogen-bond donors (Lipinski definition) is 1. The molecule has 0 saturated carbocycles. The largest absolute Gasteiger partial charge is 0.368 e. The van der Waals surface area contributed by atoms with Gasteiger partial charge in [-0.05, 0) is 48.4 Å². The molecule has 106 valence electrons. The second kappa shape index (κ2) is 6.73. The van der Waals surface area contributed by atoms with Crippen LogP contribution in [-0.2, 0) is 13.0 Å². The van der Waals surface area contributed by atoms with E-state index < -0.39 is 0 Å². The van der Waals surface area contributed by atoms with Gasteiger partial charge in [0.2, 0.25) is 0 Å². The molecule has 2 rings (SSSR count). The highest BCUT2D eigenvalue weighted by Gasteiger charge is 2.09. The maximum Gasteiger partial charge on any atom is 0.146 e. The highest BCUT2D eigenvalue weighted by Crippen LogP contribution is 2.22. The molecule has 2 nitrogen and oxygen atoms in total. The average Bonchev–Trinajstić information content (AvgIpc) is 2.42. The minimum Gasteiger partial charge on any atom is -0.368 e. The number of hydrogen-bond acceptors (Lipinski definition) is 2. The standard InChI is InChI=1S/C16H18ClFN2/c1-20(11-13-2-5-14(17)6-3-13)16-7-4-12(8-9-19)10-15(16)18/h2-7,10H,8-9,11,19H2,1H3. The Hall–Kier alpha value is -1.58. The van der Waals surface area contributed by atoms with Crippen molar-refractivity contribution in [1.29, 1.82) is 0 Å². The number of halogens is 2. The Balaban J connectivity index is 2.12. The van der Waals surface area contributed by atoms with E-state index in [-0.39, 0.29) is 5.82 Å². The Labute approximate surface area is 124 Å². The lowest BCUT2D eigenvalue weighted by molar-refractivity contribution is 0.620. The lowest BCUT2D eigenvalue weighted by Gasteiger charge is -2.20. The van der Waals surface area contributed by atoms with Gasteiger partial charge in [0, 0.05) is 18.6 Å². The van der Waals surface area contributed by atoms with Crippen molar-refractivity contribution in [3.8, 4) is 0 Å². The Morgan fingerprint density at radius 1 is 1.10 bits per heavy atom. The normalized spacial score (nSPS) is 10.6. The molecule has 2 aromatic carbocycles. The van der Waals surface area contributed by atoms with Gasteiger partial charge in [-0.25, -0.2) is 4.39 Å². The van der Waals surface area contributed by atoms with Crippen LogP contribution in [-0.4, -0.2) is 13.6 Å². The van der Waals surface area contributed by atoms with Crippen molar-refractivity contribution in [2.75, 3.05) is 18.5 Å². The van der Waals surface area contributed by atoms with Crippen LogP contribution in [0.2, 0.25) is 5.02 Å². The topological polar surface area (TPSA) is 29.3 Å². The van der Waals surface area contributed by atoms with Gasteiger partial charge >= 0.3 is 0 Å². The van der Waals surface area contributed by atoms with Crippen LogP contribution in [0.15, 0.2) is 42.5 Å². The van der Waals surface area contributed by atoms with E-state index in [1.807, 2.05) is 42.3 Å². The molecule has 0 aliphatic rings. The summed E-state index contributed by atoms with van der Waals surface area (Å²) in [6.07, 6.45) is 0.693. The molecule has 0 fully saturated rings. The number of nitrogens with zero attached hydrogens (tertiary/aromatic N) is 1. The van der Waals surface area contributed by atoms with Gasteiger partial charge in [-0.3, -0.25) is 0 Å². The van der Waals surface area contributed by atoms with Gasteiger partial charge in [0.1, 0.15) is 5.82 Å². The minimum atomic E-state index is -0.215. The van der Waals surface area contributed by atoms with Gasteiger partial charge < -0.3 is 10.6 Å². The number of anilines is 1. The summed E-state index contributed by atoms with van der Waals surface area (Å²) in [4.78, 5) is 1.88. The fourth-order valence-electron chi connectivity index (χ4n) is 2.13. The molecule has 0 saturated heterocycles. The minimum absolute atomic E-state index is 0.215. The van der Waals surface area contributed by atoms with E-state index in [9.17, 15) is 4.39 Å². The second-order valence-corrected chi connectivity index (χ2v) is 5.24. The number of rotatable bonds is 5. The summed E-state index contributed by atoms with van der Waals surface area (Å²) in [5, 5.41) is 0.703. The van der Waals surface area contributed by atoms with Crippen LogP contribution in [0, 0.1) is 5.82 Å². The average molecular weight is 293 g/mol. The maximum absolute atomic E-state index is 14.1. The first kappa shape index (κ1) is 14.8. The lowest BCUT2D eigenvalue weighted by atomic mass is 10.1. The van der Waals surface area contributed by atoms with Crippen molar-refractivity contribution in [1.82, 2.24) is 0 Å². The van der Waals surface area contributed by atoms with Crippen molar-refractivity contribution in [2.45, 2.75) is 13.0 Å². The van der Waals surface area contributed by atoms with E-state index >= 15 is 0 Å². The molecule has 0 heterocycles. The third-order valence-electron chi connectivity index (χ3n) is 3.19. The fraction of sp³-hybridized carbons (Fsp3) is 0.250. The highest BCUT2D eigenvalue weighted by atomic mass is 35.5. The van der Waals surface area contributed by atoms with E-state index in [1.165, 1.54) is 0 Å². The molecular formula is C16H18ClFN2. The first-order valence-corrected chi connectivity index (χ1v) is 6.92. The molecule has 0 aliphatic carbocycles. The zero-order valence-corrected chi connectivity index (χ0v) is 12.2. The molecule has 4 heteroatoms. The van der Waals surface area contributed by atoms with Crippen LogP contribution in [0.5, 0.6) is 0 Å². The Morgan fingerprint density at radius 2 is 1.75 bits per heavy atom. The molecule has 20 heavy (non-hydrogen) atoms. The first-order valence-electron chi connectivity index (χ1n) is 6.54. The van der Waals surface area contributed by atoms with Gasteiger partial charge in [-0.15, -0.1) is 0 Å². The third-order valence-corrected chi connectivity index (χ3v) is 3.44. The van der Waals surface area contributed by atoms with Crippen LogP contribution < -0.4 is 10.6 Å². The molecular weight excluding hydrogens is 275 g/mol. The van der Waals surface area contributed by atoms with Crippen molar-refractivity contribution in [2.24, 2.45) is 5.73 Å². The Morgan fingerprint density at radius 3 is 2.35 bits per heavy atom. The Bertz CT molecular complexity index is 569. The number of nitrogens with two attached hydrogens (primary N) is 1. The smallest absolute Gasteiger partial charge is 0.146 e. The summed E-state index contributed by atoms with van der Waals surface area (Å²) in [5.41, 5.74) is 8.07. The highest BCUT2D eigenvalue weighted by molar-refractivity contribution is 6.30. The van der Waals surface area contributed by atoms with Crippen LogP contribution in [0.1, 0.15) is 11.1 Å². The van der Waals surface area contributed by atoms with Crippen LogP contribution >= 0.6 is 11.6 Å². The van der Waals surface area contributed by atoms with Crippen LogP contribution in [0.3, 0.4) is 0 Å². The molecule has 0 spiro atoms. The van der Waals surface area contributed by atoms with E-state index in [4.69, 9.17) is 17.3 Å². The fourth-order valence-corrected chi connectivity index (χ4v) is 2.26. The quantitative estimate of drug-likeness (QED) is 0.912. The molecule has 0 aliphatic heterocycles. The molecule has 0 bridgehead atoms. The zero-order valence-electron chi connectivity index (χ0n) is 11.4. The Kier molecular flexibility index (Phi) is 4.99. The molecule has 0 aromatic heterocycles. The van der Waals surface area contributed by atoms with E-state index in [0.717, 1.165) is 11.1 Å². The SMILES string of the molecule is CN(Cc1ccc(Cl)cc1)c1ccc(CCN)cc1F. The van der Waals surface area contributed by atoms with E-state index in [2.05, 4.69) is 0 Å². The van der Waals surface area contributed by atoms with Crippen molar-refractivity contribution in [3.05, 3.63) is 64.4 Å². The zero-order chi connectivity index (χ0) is 14.5. The third kappa shape index (κ3) is 3.71. The summed E-state index contributed by atoms with van der Waals surface area (Å²) in [5.74, 6) is -0.215. The van der Waals surface area contributed by atoms with Gasteiger partial charge in [0.05, 0.1) is 5.69 Å². The molecule has 0 unspecified atom stereocenters. The van der Waals surface area contributed by atoms with Gasteiger partial charge in [-0.2, -0.15) is 0 Å². The summed E-state index contributed by atoms with van der Waals surface area (Å²) < 4.78 is 14.1. The summed E-state index contributed by atoms with van der Waals surface area (Å²) in [6.45, 7) is 1.16. The van der Waals surface area contributed by atoms with Gasteiger partial charge in [0.25, 0.3) is 0 Å². The maximum atomic E-state index is 14.1. The van der Waals surface area contributed by atoms with E-state index in [1.54, 1.807) is 12.1 Å². The molecule has 0 radical (unpaired) electrons. The van der Waals surface area contributed by atoms with Crippen LogP contribution in [0.25, 0.3) is 0 Å². The van der Waals surface area contributed by atoms with Gasteiger partial charge in [0.15, 0.2) is 0 Å². The monoisotopic (exact) mass is 292 g/mol. The van der Waals surface area contributed by atoms with Crippen molar-refractivity contribution >= 4 is 17.3 Å². The lowest BCUT2D eigenvalue weighted by Crippen LogP contribution is -2.18. The molecule has 0 atom stereocenters. The number of benzene rings is 2. The molecule has 0 amide bonds. The summed E-state index contributed by atoms with van der Waals surface area (Å²) in [7, 11) is 1.87. The predicted molar refractivity (Wildman–Crippen MR) is 82.7 cm³/mol. The van der Waals surface area contributed by atoms with Gasteiger partial charge in [-0.1, -0.05) is 29.8 Å². The molecule has 2 aromatic rings. The molecule has 2 N–H and O–H groups in total. The first-order chi connectivity index (χ1) is 9.60. The predicted octanol–water partition coefficient (Wildman–Crippen LogP) is 3.62. The summed E-state index contributed by atoms with van der Waals surface area (Å²) in [6, 6.07) is 12.8. The van der Waals surface area contributed by atoms with Crippen molar-refractivity contribution in [3.63, 3.8) is 0 Å².